The average molecular weight is 390 g/mol. The molecule has 0 atom stereocenters. The minimum absolute atomic E-state index is 0.0334. The highest BCUT2D eigenvalue weighted by atomic mass is 32.2. The number of nitriles is 1. The number of pyridine rings is 1. The van der Waals surface area contributed by atoms with Gasteiger partial charge in [0.15, 0.2) is 15.5 Å². The Morgan fingerprint density at radius 2 is 1.89 bits per heavy atom. The number of phenolic OH excluding ortho intramolecular Hbond substituents is 1. The van der Waals surface area contributed by atoms with Crippen molar-refractivity contribution in [1.29, 1.82) is 5.26 Å². The van der Waals surface area contributed by atoms with Crippen molar-refractivity contribution in [3.05, 3.63) is 39.7 Å². The number of hydrogen-bond acceptors (Lipinski definition) is 8. The molecule has 1 heterocycles. The first-order valence-electron chi connectivity index (χ1n) is 8.01. The number of azo groups is 1. The molecule has 0 bridgehead atoms. The van der Waals surface area contributed by atoms with Crippen molar-refractivity contribution in [1.82, 2.24) is 4.57 Å². The summed E-state index contributed by atoms with van der Waals surface area (Å²) in [6.07, 6.45) is 0. The van der Waals surface area contributed by atoms with Gasteiger partial charge in [0, 0.05) is 12.1 Å². The van der Waals surface area contributed by atoms with E-state index in [1.165, 1.54) is 26.0 Å². The van der Waals surface area contributed by atoms with Crippen LogP contribution in [0.3, 0.4) is 0 Å². The van der Waals surface area contributed by atoms with E-state index in [9.17, 15) is 28.7 Å². The minimum Gasteiger partial charge on any atom is -0.506 e. The molecule has 0 amide bonds. The number of benzene rings is 1. The van der Waals surface area contributed by atoms with E-state index in [1.807, 2.05) is 0 Å². The Morgan fingerprint density at radius 1 is 1.22 bits per heavy atom. The second-order valence-electron chi connectivity index (χ2n) is 5.59. The summed E-state index contributed by atoms with van der Waals surface area (Å²) in [5.74, 6) is -0.906. The van der Waals surface area contributed by atoms with Crippen LogP contribution in [0.1, 0.15) is 25.0 Å². The molecule has 2 aromatic rings. The highest BCUT2D eigenvalue weighted by molar-refractivity contribution is 7.91. The van der Waals surface area contributed by atoms with E-state index < -0.39 is 21.3 Å². The van der Waals surface area contributed by atoms with E-state index in [2.05, 4.69) is 10.2 Å². The molecule has 0 saturated carbocycles. The monoisotopic (exact) mass is 390 g/mol. The van der Waals surface area contributed by atoms with Crippen LogP contribution in [0.25, 0.3) is 0 Å². The molecule has 0 unspecified atom stereocenters. The molecule has 9 nitrogen and oxygen atoms in total. The van der Waals surface area contributed by atoms with E-state index in [1.54, 1.807) is 13.0 Å². The molecular weight excluding hydrogens is 372 g/mol. The Balaban J connectivity index is 2.65. The first-order valence-corrected chi connectivity index (χ1v) is 9.67. The highest BCUT2D eigenvalue weighted by Crippen LogP contribution is 2.35. The Morgan fingerprint density at radius 3 is 2.44 bits per heavy atom. The summed E-state index contributed by atoms with van der Waals surface area (Å²) in [6, 6.07) is 5.36. The van der Waals surface area contributed by atoms with E-state index in [0.29, 0.717) is 0 Å². The Bertz CT molecular complexity index is 1130. The van der Waals surface area contributed by atoms with Gasteiger partial charge in [0.2, 0.25) is 5.88 Å². The number of rotatable bonds is 5. The molecule has 0 radical (unpaired) electrons. The lowest BCUT2D eigenvalue weighted by atomic mass is 10.1. The first-order chi connectivity index (χ1) is 12.7. The summed E-state index contributed by atoms with van der Waals surface area (Å²) < 4.78 is 24.9. The SMILES string of the molecule is CCn1c(O)c(/N=N/c2cc(S(=O)(=O)CC)ccc2O)c(C)c(C#N)c1=O. The van der Waals surface area contributed by atoms with Gasteiger partial charge in [-0.25, -0.2) is 8.42 Å². The summed E-state index contributed by atoms with van der Waals surface area (Å²) in [5.41, 5.74) is -0.944. The molecule has 2 N–H and O–H groups in total. The molecule has 1 aromatic heterocycles. The van der Waals surface area contributed by atoms with Crippen molar-refractivity contribution in [3.63, 3.8) is 0 Å². The minimum atomic E-state index is -3.51. The van der Waals surface area contributed by atoms with Gasteiger partial charge in [-0.1, -0.05) is 6.92 Å². The predicted molar refractivity (Wildman–Crippen MR) is 97.5 cm³/mol. The van der Waals surface area contributed by atoms with Crippen LogP contribution < -0.4 is 5.56 Å². The number of aromatic nitrogens is 1. The maximum absolute atomic E-state index is 12.1. The second kappa shape index (κ2) is 7.59. The number of sulfone groups is 1. The molecule has 1 aromatic carbocycles. The molecule has 0 saturated heterocycles. The predicted octanol–water partition coefficient (Wildman–Crippen LogP) is 2.67. The molecule has 0 aliphatic carbocycles. The maximum Gasteiger partial charge on any atom is 0.271 e. The van der Waals surface area contributed by atoms with Crippen LogP contribution in [-0.2, 0) is 16.4 Å². The maximum atomic E-state index is 12.1. The van der Waals surface area contributed by atoms with Crippen LogP contribution in [0.2, 0.25) is 0 Å². The van der Waals surface area contributed by atoms with Crippen molar-refractivity contribution >= 4 is 21.2 Å². The van der Waals surface area contributed by atoms with E-state index in [-0.39, 0.29) is 45.4 Å². The standard InChI is InChI=1S/C17H18N4O5S/c1-4-21-16(23)12(9-18)10(3)15(17(21)24)20-19-13-8-11(6-7-14(13)22)27(25,26)5-2/h6-8,22,24H,4-5H2,1-3H3/b20-19+. The van der Waals surface area contributed by atoms with Crippen LogP contribution in [-0.4, -0.2) is 29.0 Å². The van der Waals surface area contributed by atoms with Gasteiger partial charge < -0.3 is 10.2 Å². The fraction of sp³-hybridized carbons (Fsp3) is 0.294. The topological polar surface area (TPSA) is 145 Å². The lowest BCUT2D eigenvalue weighted by molar-refractivity contribution is 0.412. The van der Waals surface area contributed by atoms with Crippen LogP contribution in [0.5, 0.6) is 11.6 Å². The third kappa shape index (κ3) is 3.68. The van der Waals surface area contributed by atoms with E-state index in [4.69, 9.17) is 0 Å². The highest BCUT2D eigenvalue weighted by Gasteiger charge is 2.19. The fourth-order valence-electron chi connectivity index (χ4n) is 2.40. The summed E-state index contributed by atoms with van der Waals surface area (Å²) in [7, 11) is -3.51. The van der Waals surface area contributed by atoms with Gasteiger partial charge in [-0.15, -0.1) is 10.2 Å². The van der Waals surface area contributed by atoms with Crippen molar-refractivity contribution in [3.8, 4) is 17.7 Å². The molecule has 27 heavy (non-hydrogen) atoms. The zero-order valence-corrected chi connectivity index (χ0v) is 15.8. The number of phenols is 1. The second-order valence-corrected chi connectivity index (χ2v) is 7.87. The lowest BCUT2D eigenvalue weighted by Crippen LogP contribution is -2.23. The molecule has 0 aliphatic rings. The fourth-order valence-corrected chi connectivity index (χ4v) is 3.30. The zero-order valence-electron chi connectivity index (χ0n) is 15.0. The van der Waals surface area contributed by atoms with Gasteiger partial charge in [0.25, 0.3) is 5.56 Å². The Kier molecular flexibility index (Phi) is 5.66. The third-order valence-electron chi connectivity index (χ3n) is 4.03. The van der Waals surface area contributed by atoms with E-state index in [0.717, 1.165) is 10.6 Å². The van der Waals surface area contributed by atoms with Crippen molar-refractivity contribution in [2.45, 2.75) is 32.2 Å². The van der Waals surface area contributed by atoms with Gasteiger partial charge >= 0.3 is 0 Å². The van der Waals surface area contributed by atoms with Gasteiger partial charge in [-0.05, 0) is 32.0 Å². The quantitative estimate of drug-likeness (QED) is 0.751. The van der Waals surface area contributed by atoms with E-state index >= 15 is 0 Å². The largest absolute Gasteiger partial charge is 0.506 e. The molecule has 0 aliphatic heterocycles. The van der Waals surface area contributed by atoms with Crippen LogP contribution >= 0.6 is 0 Å². The van der Waals surface area contributed by atoms with Gasteiger partial charge in [0.05, 0.1) is 10.6 Å². The third-order valence-corrected chi connectivity index (χ3v) is 5.76. The summed E-state index contributed by atoms with van der Waals surface area (Å²) >= 11 is 0. The van der Waals surface area contributed by atoms with Crippen molar-refractivity contribution in [2.75, 3.05) is 5.75 Å². The van der Waals surface area contributed by atoms with Crippen LogP contribution in [0, 0.1) is 18.3 Å². The average Bonchev–Trinajstić information content (AvgIpc) is 2.63. The number of hydrogen-bond donors (Lipinski definition) is 2. The molecule has 0 fully saturated rings. The summed E-state index contributed by atoms with van der Waals surface area (Å²) in [6.45, 7) is 4.65. The van der Waals surface area contributed by atoms with Crippen molar-refractivity contribution < 1.29 is 18.6 Å². The van der Waals surface area contributed by atoms with Gasteiger partial charge in [-0.2, -0.15) is 5.26 Å². The number of nitrogens with zero attached hydrogens (tertiary/aromatic N) is 4. The zero-order chi connectivity index (χ0) is 20.4. The van der Waals surface area contributed by atoms with Crippen molar-refractivity contribution in [2.24, 2.45) is 10.2 Å². The van der Waals surface area contributed by atoms with Crippen LogP contribution in [0.15, 0.2) is 38.1 Å². The Hall–Kier alpha value is -3.19. The Labute approximate surface area is 155 Å². The molecule has 0 spiro atoms. The first kappa shape index (κ1) is 20.1. The summed E-state index contributed by atoms with van der Waals surface area (Å²) in [4.78, 5) is 12.1. The van der Waals surface area contributed by atoms with Crippen LogP contribution in [0.4, 0.5) is 11.4 Å². The molecule has 2 rings (SSSR count). The smallest absolute Gasteiger partial charge is 0.271 e. The molecule has 10 heteroatoms. The lowest BCUT2D eigenvalue weighted by Gasteiger charge is -2.11. The van der Waals surface area contributed by atoms with Gasteiger partial charge in [0.1, 0.15) is 23.1 Å². The molecular formula is C17H18N4O5S. The summed E-state index contributed by atoms with van der Waals surface area (Å²) in [5, 5.41) is 37.1. The number of aromatic hydroxyl groups is 2. The normalized spacial score (nSPS) is 11.6. The molecule has 142 valence electrons. The van der Waals surface area contributed by atoms with Gasteiger partial charge in [-0.3, -0.25) is 9.36 Å².